The van der Waals surface area contributed by atoms with E-state index in [0.717, 1.165) is 16.3 Å². The molecule has 0 spiro atoms. The molecule has 1 unspecified atom stereocenters. The fourth-order valence-corrected chi connectivity index (χ4v) is 2.88. The molecule has 2 heterocycles. The van der Waals surface area contributed by atoms with E-state index in [0.29, 0.717) is 11.3 Å². The fourth-order valence-electron chi connectivity index (χ4n) is 2.26. The van der Waals surface area contributed by atoms with Crippen molar-refractivity contribution in [3.05, 3.63) is 64.0 Å². The molecule has 124 valence electrons. The van der Waals surface area contributed by atoms with Gasteiger partial charge in [0.05, 0.1) is 16.8 Å². The van der Waals surface area contributed by atoms with Crippen LogP contribution in [0.3, 0.4) is 0 Å². The minimum Gasteiger partial charge on any atom is -0.387 e. The van der Waals surface area contributed by atoms with Crippen molar-refractivity contribution in [3.63, 3.8) is 0 Å². The number of halogens is 1. The molecule has 5 nitrogen and oxygen atoms in total. The minimum atomic E-state index is -0.898. The van der Waals surface area contributed by atoms with Crippen molar-refractivity contribution in [3.8, 4) is 11.3 Å². The average Bonchev–Trinajstić information content (AvgIpc) is 3.22. The monoisotopic (exact) mass is 345 g/mol. The van der Waals surface area contributed by atoms with E-state index in [9.17, 15) is 14.3 Å². The summed E-state index contributed by atoms with van der Waals surface area (Å²) in [7, 11) is 0. The van der Waals surface area contributed by atoms with Crippen molar-refractivity contribution in [2.24, 2.45) is 0 Å². The number of nitrogens with one attached hydrogen (secondary N) is 2. The zero-order valence-electron chi connectivity index (χ0n) is 12.9. The lowest BCUT2D eigenvalue weighted by molar-refractivity contribution is 0.0912. The Hall–Kier alpha value is -2.51. The van der Waals surface area contributed by atoms with Gasteiger partial charge < -0.3 is 15.4 Å². The maximum Gasteiger partial charge on any atom is 0.267 e. The molecule has 0 saturated carbocycles. The van der Waals surface area contributed by atoms with E-state index >= 15 is 0 Å². The molecule has 0 aliphatic rings. The van der Waals surface area contributed by atoms with Gasteiger partial charge in [-0.05, 0) is 30.7 Å². The Morgan fingerprint density at radius 2 is 2.17 bits per heavy atom. The summed E-state index contributed by atoms with van der Waals surface area (Å²) in [5.74, 6) is -0.694. The van der Waals surface area contributed by atoms with Crippen molar-refractivity contribution in [1.29, 1.82) is 0 Å². The van der Waals surface area contributed by atoms with Gasteiger partial charge in [-0.1, -0.05) is 12.1 Å². The summed E-state index contributed by atoms with van der Waals surface area (Å²) in [6, 6.07) is 7.24. The largest absolute Gasteiger partial charge is 0.387 e. The zero-order valence-corrected chi connectivity index (χ0v) is 13.7. The van der Waals surface area contributed by atoms with Crippen molar-refractivity contribution < 1.29 is 14.3 Å². The Morgan fingerprint density at radius 1 is 1.42 bits per heavy atom. The van der Waals surface area contributed by atoms with E-state index < -0.39 is 6.10 Å². The van der Waals surface area contributed by atoms with Crippen LogP contribution in [0.15, 0.2) is 41.9 Å². The molecule has 0 radical (unpaired) electrons. The van der Waals surface area contributed by atoms with Crippen molar-refractivity contribution in [2.45, 2.75) is 13.0 Å². The predicted molar refractivity (Wildman–Crippen MR) is 90.3 cm³/mol. The number of hydrogen-bond acceptors (Lipinski definition) is 4. The normalized spacial score (nSPS) is 12.1. The number of H-pyrrole nitrogens is 1. The highest BCUT2D eigenvalue weighted by molar-refractivity contribution is 7.09. The number of benzene rings is 1. The number of carbonyl (C=O) groups is 1. The molecule has 1 atom stereocenters. The number of aromatic nitrogens is 2. The number of aromatic amines is 1. The second-order valence-corrected chi connectivity index (χ2v) is 6.39. The van der Waals surface area contributed by atoms with Crippen LogP contribution in [0.4, 0.5) is 4.39 Å². The SMILES string of the molecule is Cc1nc(-c2c[nH]c(C(=O)NCC(O)c3ccc(F)cc3)c2)cs1. The van der Waals surface area contributed by atoms with Gasteiger partial charge >= 0.3 is 0 Å². The molecule has 0 bridgehead atoms. The van der Waals surface area contributed by atoms with Crippen molar-refractivity contribution in [2.75, 3.05) is 6.54 Å². The molecule has 2 aromatic heterocycles. The van der Waals surface area contributed by atoms with Crippen LogP contribution in [-0.2, 0) is 0 Å². The van der Waals surface area contributed by atoms with Crippen molar-refractivity contribution >= 4 is 17.2 Å². The first-order valence-electron chi connectivity index (χ1n) is 7.35. The minimum absolute atomic E-state index is 0.0363. The maximum atomic E-state index is 12.9. The summed E-state index contributed by atoms with van der Waals surface area (Å²) < 4.78 is 12.9. The van der Waals surface area contributed by atoms with E-state index in [1.54, 1.807) is 23.6 Å². The van der Waals surface area contributed by atoms with E-state index in [-0.39, 0.29) is 18.3 Å². The summed E-state index contributed by atoms with van der Waals surface area (Å²) in [6.07, 6.45) is 0.824. The number of aliphatic hydroxyl groups excluding tert-OH is 1. The first-order valence-corrected chi connectivity index (χ1v) is 8.23. The summed E-state index contributed by atoms with van der Waals surface area (Å²) in [5.41, 5.74) is 2.59. The summed E-state index contributed by atoms with van der Waals surface area (Å²) in [6.45, 7) is 1.96. The van der Waals surface area contributed by atoms with Gasteiger partial charge in [-0.15, -0.1) is 11.3 Å². The van der Waals surface area contributed by atoms with Crippen LogP contribution in [0.25, 0.3) is 11.3 Å². The smallest absolute Gasteiger partial charge is 0.267 e. The molecule has 3 aromatic rings. The number of rotatable bonds is 5. The molecule has 3 rings (SSSR count). The van der Waals surface area contributed by atoms with Gasteiger partial charge in [0.25, 0.3) is 5.91 Å². The van der Waals surface area contributed by atoms with Gasteiger partial charge in [0, 0.05) is 23.7 Å². The molecular formula is C17H16FN3O2S. The number of nitrogens with zero attached hydrogens (tertiary/aromatic N) is 1. The standard InChI is InChI=1S/C17H16FN3O2S/c1-10-21-15(9-24-10)12-6-14(19-7-12)17(23)20-8-16(22)11-2-4-13(18)5-3-11/h2-7,9,16,19,22H,8H2,1H3,(H,20,23). The Bertz CT molecular complexity index is 842. The van der Waals surface area contributed by atoms with E-state index in [1.807, 2.05) is 12.3 Å². The van der Waals surface area contributed by atoms with Crippen LogP contribution in [0.1, 0.15) is 27.2 Å². The van der Waals surface area contributed by atoms with Crippen molar-refractivity contribution in [1.82, 2.24) is 15.3 Å². The van der Waals surface area contributed by atoms with Gasteiger partial charge in [-0.2, -0.15) is 0 Å². The molecule has 0 saturated heterocycles. The molecule has 1 aromatic carbocycles. The molecule has 0 fully saturated rings. The summed E-state index contributed by atoms with van der Waals surface area (Å²) >= 11 is 1.54. The zero-order chi connectivity index (χ0) is 17.1. The van der Waals surface area contributed by atoms with Gasteiger partial charge in [0.1, 0.15) is 11.5 Å². The number of hydrogen-bond donors (Lipinski definition) is 3. The number of thiazole rings is 1. The van der Waals surface area contributed by atoms with Crippen LogP contribution in [0.5, 0.6) is 0 Å². The lowest BCUT2D eigenvalue weighted by Gasteiger charge is -2.11. The van der Waals surface area contributed by atoms with E-state index in [1.165, 1.54) is 24.3 Å². The predicted octanol–water partition coefficient (Wildman–Crippen LogP) is 3.05. The molecule has 7 heteroatoms. The second kappa shape index (κ2) is 6.94. The third-order valence-electron chi connectivity index (χ3n) is 3.55. The van der Waals surface area contributed by atoms with Gasteiger partial charge in [-0.25, -0.2) is 9.37 Å². The summed E-state index contributed by atoms with van der Waals surface area (Å²) in [4.78, 5) is 19.4. The Morgan fingerprint density at radius 3 is 2.83 bits per heavy atom. The van der Waals surface area contributed by atoms with Crippen LogP contribution < -0.4 is 5.32 Å². The first kappa shape index (κ1) is 16.4. The van der Waals surface area contributed by atoms with E-state index in [2.05, 4.69) is 15.3 Å². The van der Waals surface area contributed by atoms with Gasteiger partial charge in [0.2, 0.25) is 0 Å². The second-order valence-electron chi connectivity index (χ2n) is 5.33. The third kappa shape index (κ3) is 3.69. The molecule has 1 amide bonds. The van der Waals surface area contributed by atoms with Gasteiger partial charge in [-0.3, -0.25) is 4.79 Å². The van der Waals surface area contributed by atoms with Gasteiger partial charge in [0.15, 0.2) is 0 Å². The fraction of sp³-hybridized carbons (Fsp3) is 0.176. The topological polar surface area (TPSA) is 78.0 Å². The Balaban J connectivity index is 1.61. The lowest BCUT2D eigenvalue weighted by atomic mass is 10.1. The third-order valence-corrected chi connectivity index (χ3v) is 4.33. The van der Waals surface area contributed by atoms with Crippen LogP contribution in [0.2, 0.25) is 0 Å². The van der Waals surface area contributed by atoms with Crippen LogP contribution in [0, 0.1) is 12.7 Å². The first-order chi connectivity index (χ1) is 11.5. The van der Waals surface area contributed by atoms with Crippen LogP contribution in [-0.4, -0.2) is 27.5 Å². The highest BCUT2D eigenvalue weighted by Crippen LogP contribution is 2.22. The highest BCUT2D eigenvalue weighted by atomic mass is 32.1. The quantitative estimate of drug-likeness (QED) is 0.665. The van der Waals surface area contributed by atoms with E-state index in [4.69, 9.17) is 0 Å². The lowest BCUT2D eigenvalue weighted by Crippen LogP contribution is -2.28. The van der Waals surface area contributed by atoms with Crippen LogP contribution >= 0.6 is 11.3 Å². The average molecular weight is 345 g/mol. The molecule has 0 aliphatic heterocycles. The number of amides is 1. The highest BCUT2D eigenvalue weighted by Gasteiger charge is 2.13. The number of carbonyl (C=O) groups excluding carboxylic acids is 1. The number of aliphatic hydroxyl groups is 1. The molecule has 24 heavy (non-hydrogen) atoms. The number of aryl methyl sites for hydroxylation is 1. The summed E-state index contributed by atoms with van der Waals surface area (Å²) in [5, 5.41) is 15.6. The Kier molecular flexibility index (Phi) is 4.73. The molecule has 3 N–H and O–H groups in total. The molecule has 0 aliphatic carbocycles. The molecular weight excluding hydrogens is 329 g/mol. The Labute approximate surface area is 142 Å². The maximum absolute atomic E-state index is 12.9.